The monoisotopic (exact) mass is 199 g/mol. The fourth-order valence-corrected chi connectivity index (χ4v) is 3.68. The molecule has 0 bridgehead atoms. The number of pyridine rings is 1. The zero-order chi connectivity index (χ0) is 10.0. The fraction of sp³-hybridized carbons (Fsp3) is 0.643. The van der Waals surface area contributed by atoms with Gasteiger partial charge in [0.25, 0.3) is 0 Å². The van der Waals surface area contributed by atoms with Gasteiger partial charge in [0.15, 0.2) is 0 Å². The smallest absolute Gasteiger partial charge is 0.0503 e. The Labute approximate surface area is 90.9 Å². The Kier molecular flexibility index (Phi) is 1.36. The van der Waals surface area contributed by atoms with E-state index in [1.54, 1.807) is 16.7 Å². The molecule has 4 rings (SSSR count). The molecule has 15 heavy (non-hydrogen) atoms. The maximum Gasteiger partial charge on any atom is 0.0503 e. The van der Waals surface area contributed by atoms with Gasteiger partial charge >= 0.3 is 0 Å². The van der Waals surface area contributed by atoms with Crippen molar-refractivity contribution >= 4 is 0 Å². The second-order valence-corrected chi connectivity index (χ2v) is 5.62. The molecule has 3 aliphatic rings. The molecule has 0 aliphatic heterocycles. The summed E-state index contributed by atoms with van der Waals surface area (Å²) in [6.07, 6.45) is 9.37. The van der Waals surface area contributed by atoms with Crippen molar-refractivity contribution in [1.82, 2.24) is 4.98 Å². The summed E-state index contributed by atoms with van der Waals surface area (Å²) in [5, 5.41) is 0. The second-order valence-electron chi connectivity index (χ2n) is 5.62. The second kappa shape index (κ2) is 2.45. The first-order valence-electron chi connectivity index (χ1n) is 6.32. The van der Waals surface area contributed by atoms with Gasteiger partial charge in [0.2, 0.25) is 0 Å². The Morgan fingerprint density at radius 2 is 1.87 bits per heavy atom. The maximum absolute atomic E-state index is 5.01. The summed E-state index contributed by atoms with van der Waals surface area (Å²) < 4.78 is 0. The summed E-state index contributed by atoms with van der Waals surface area (Å²) in [6, 6.07) is 0. The van der Waals surface area contributed by atoms with Crippen LogP contribution in [0.25, 0.3) is 0 Å². The van der Waals surface area contributed by atoms with E-state index < -0.39 is 0 Å². The van der Waals surface area contributed by atoms with Crippen molar-refractivity contribution in [2.45, 2.75) is 57.3 Å². The van der Waals surface area contributed by atoms with Crippen LogP contribution in [-0.4, -0.2) is 4.98 Å². The van der Waals surface area contributed by atoms with Gasteiger partial charge in [-0.15, -0.1) is 0 Å². The van der Waals surface area contributed by atoms with E-state index in [0.717, 1.165) is 0 Å². The highest BCUT2D eigenvalue weighted by Crippen LogP contribution is 2.57. The average molecular weight is 199 g/mol. The number of rotatable bonds is 0. The summed E-state index contributed by atoms with van der Waals surface area (Å²) >= 11 is 0. The van der Waals surface area contributed by atoms with Gasteiger partial charge in [-0.2, -0.15) is 0 Å². The van der Waals surface area contributed by atoms with Crippen LogP contribution < -0.4 is 0 Å². The highest BCUT2D eigenvalue weighted by molar-refractivity contribution is 5.49. The van der Waals surface area contributed by atoms with Crippen molar-refractivity contribution in [3.8, 4) is 0 Å². The number of nitrogens with zero attached hydrogens (tertiary/aromatic N) is 1. The number of aromatic nitrogens is 1. The molecular formula is C14H17N. The molecule has 1 spiro atoms. The van der Waals surface area contributed by atoms with Crippen molar-refractivity contribution in [3.05, 3.63) is 28.1 Å². The van der Waals surface area contributed by atoms with Crippen LogP contribution in [0.1, 0.15) is 53.8 Å². The minimum atomic E-state index is 0.567. The predicted molar refractivity (Wildman–Crippen MR) is 60.2 cm³/mol. The first-order chi connectivity index (χ1) is 7.30. The molecule has 78 valence electrons. The molecule has 0 atom stereocenters. The Morgan fingerprint density at radius 1 is 1.00 bits per heavy atom. The normalized spacial score (nSPS) is 24.3. The molecule has 0 unspecified atom stereocenters. The van der Waals surface area contributed by atoms with Crippen LogP contribution in [0.15, 0.2) is 0 Å². The zero-order valence-electron chi connectivity index (χ0n) is 9.40. The highest BCUT2D eigenvalue weighted by Gasteiger charge is 2.50. The third kappa shape index (κ3) is 0.920. The summed E-state index contributed by atoms with van der Waals surface area (Å²) in [5.41, 5.74) is 8.37. The molecule has 1 fully saturated rings. The lowest BCUT2D eigenvalue weighted by molar-refractivity contribution is 0.661. The van der Waals surface area contributed by atoms with Crippen LogP contribution >= 0.6 is 0 Å². The molecule has 1 saturated carbocycles. The molecule has 0 amide bonds. The molecule has 1 heterocycles. The number of hydrogen-bond acceptors (Lipinski definition) is 1. The zero-order valence-corrected chi connectivity index (χ0v) is 9.40. The van der Waals surface area contributed by atoms with Crippen LogP contribution in [0.2, 0.25) is 0 Å². The number of fused-ring (bicyclic) bond motifs is 3. The van der Waals surface area contributed by atoms with Crippen molar-refractivity contribution in [3.63, 3.8) is 0 Å². The van der Waals surface area contributed by atoms with Gasteiger partial charge in [-0.3, -0.25) is 4.98 Å². The Hall–Kier alpha value is -0.850. The van der Waals surface area contributed by atoms with E-state index in [2.05, 4.69) is 6.92 Å². The maximum atomic E-state index is 5.01. The van der Waals surface area contributed by atoms with E-state index in [4.69, 9.17) is 4.98 Å². The van der Waals surface area contributed by atoms with Crippen molar-refractivity contribution in [1.29, 1.82) is 0 Å². The quantitative estimate of drug-likeness (QED) is 0.626. The van der Waals surface area contributed by atoms with Gasteiger partial charge in [-0.05, 0) is 68.6 Å². The van der Waals surface area contributed by atoms with Gasteiger partial charge in [-0.25, -0.2) is 0 Å². The van der Waals surface area contributed by atoms with Crippen LogP contribution in [0.5, 0.6) is 0 Å². The van der Waals surface area contributed by atoms with E-state index in [0.29, 0.717) is 5.41 Å². The minimum absolute atomic E-state index is 0.567. The lowest BCUT2D eigenvalue weighted by Gasteiger charge is -2.12. The Morgan fingerprint density at radius 3 is 2.67 bits per heavy atom. The highest BCUT2D eigenvalue weighted by atomic mass is 14.8. The Bertz CT molecular complexity index is 455. The van der Waals surface area contributed by atoms with Gasteiger partial charge in [-0.1, -0.05) is 0 Å². The van der Waals surface area contributed by atoms with E-state index in [-0.39, 0.29) is 0 Å². The summed E-state index contributed by atoms with van der Waals surface area (Å²) in [6.45, 7) is 2.34. The first kappa shape index (κ1) is 8.32. The van der Waals surface area contributed by atoms with Crippen molar-refractivity contribution in [2.24, 2.45) is 0 Å². The molecular weight excluding hydrogens is 182 g/mol. The fourth-order valence-electron chi connectivity index (χ4n) is 3.68. The Balaban J connectivity index is 2.00. The standard InChI is InChI=1S/C14H17N/c1-9-10-3-2-4-12(10)15-13-11(9)5-6-14(13)7-8-14/h2-8H2,1H3. The topological polar surface area (TPSA) is 12.9 Å². The van der Waals surface area contributed by atoms with Crippen LogP contribution in [0.3, 0.4) is 0 Å². The molecule has 3 aliphatic carbocycles. The largest absolute Gasteiger partial charge is 0.257 e. The molecule has 0 N–H and O–H groups in total. The first-order valence-corrected chi connectivity index (χ1v) is 6.32. The van der Waals surface area contributed by atoms with Crippen LogP contribution in [0.4, 0.5) is 0 Å². The van der Waals surface area contributed by atoms with Gasteiger partial charge in [0.05, 0.1) is 5.69 Å². The SMILES string of the molecule is Cc1c2c(nc3c1CCC31CC1)CCC2. The minimum Gasteiger partial charge on any atom is -0.257 e. The van der Waals surface area contributed by atoms with Crippen LogP contribution in [-0.2, 0) is 24.7 Å². The lowest BCUT2D eigenvalue weighted by Crippen LogP contribution is -2.07. The molecule has 0 saturated heterocycles. The van der Waals surface area contributed by atoms with Crippen molar-refractivity contribution in [2.75, 3.05) is 0 Å². The summed E-state index contributed by atoms with van der Waals surface area (Å²) in [7, 11) is 0. The van der Waals surface area contributed by atoms with E-state index in [9.17, 15) is 0 Å². The summed E-state index contributed by atoms with van der Waals surface area (Å²) in [5.74, 6) is 0. The van der Waals surface area contributed by atoms with E-state index in [1.165, 1.54) is 56.3 Å². The van der Waals surface area contributed by atoms with Gasteiger partial charge in [0, 0.05) is 11.1 Å². The van der Waals surface area contributed by atoms with Crippen molar-refractivity contribution < 1.29 is 0 Å². The molecule has 1 nitrogen and oxygen atoms in total. The van der Waals surface area contributed by atoms with E-state index >= 15 is 0 Å². The molecule has 1 aromatic rings. The molecule has 0 aromatic carbocycles. The van der Waals surface area contributed by atoms with Gasteiger partial charge in [0.1, 0.15) is 0 Å². The molecule has 0 radical (unpaired) electrons. The average Bonchev–Trinajstić information content (AvgIpc) is 2.72. The van der Waals surface area contributed by atoms with Gasteiger partial charge < -0.3 is 0 Å². The summed E-state index contributed by atoms with van der Waals surface area (Å²) in [4.78, 5) is 5.01. The molecule has 1 heteroatoms. The third-order valence-electron chi connectivity index (χ3n) is 4.84. The number of aryl methyl sites for hydroxylation is 1. The molecule has 1 aromatic heterocycles. The van der Waals surface area contributed by atoms with Crippen LogP contribution in [0, 0.1) is 6.92 Å². The van der Waals surface area contributed by atoms with E-state index in [1.807, 2.05) is 0 Å². The lowest BCUT2D eigenvalue weighted by atomic mass is 9.99. The number of hydrogen-bond donors (Lipinski definition) is 0. The third-order valence-corrected chi connectivity index (χ3v) is 4.84. The predicted octanol–water partition coefficient (Wildman–Crippen LogP) is 2.86.